The van der Waals surface area contributed by atoms with Gasteiger partial charge in [-0.05, 0) is 23.8 Å². The highest BCUT2D eigenvalue weighted by Crippen LogP contribution is 2.41. The first kappa shape index (κ1) is 31.0. The third-order valence-corrected chi connectivity index (χ3v) is 5.03. The van der Waals surface area contributed by atoms with Gasteiger partial charge in [-0.2, -0.15) is 79.0 Å². The van der Waals surface area contributed by atoms with Crippen molar-refractivity contribution in [1.82, 2.24) is 0 Å². The third-order valence-electron chi connectivity index (χ3n) is 5.03. The fourth-order valence-electron chi connectivity index (χ4n) is 3.53. The SMILES string of the molecule is N#CC(C#N)=c1c(C(F)(F)F)c/c(=C(/C#N)c2cc(C(F)(F)F)c(C#N)c(C(F)(F)F)c2)c(C#N)c1C(F)(F)F. The zero-order valence-electron chi connectivity index (χ0n) is 18.5. The van der Waals surface area contributed by atoms with Gasteiger partial charge < -0.3 is 0 Å². The van der Waals surface area contributed by atoms with Crippen LogP contribution in [0.1, 0.15) is 38.9 Å². The normalized spacial score (nSPS) is 12.8. The van der Waals surface area contributed by atoms with Gasteiger partial charge in [0.25, 0.3) is 0 Å². The summed E-state index contributed by atoms with van der Waals surface area (Å²) in [4.78, 5) is 0. The highest BCUT2D eigenvalue weighted by atomic mass is 19.4. The summed E-state index contributed by atoms with van der Waals surface area (Å²) in [6.45, 7) is 0. The Morgan fingerprint density at radius 3 is 1.25 bits per heavy atom. The van der Waals surface area contributed by atoms with E-state index in [1.165, 1.54) is 0 Å². The number of rotatable bonds is 1. The minimum absolute atomic E-state index is 0.288. The topological polar surface area (TPSA) is 119 Å². The maximum absolute atomic E-state index is 14.0. The van der Waals surface area contributed by atoms with Gasteiger partial charge in [0.2, 0.25) is 0 Å². The van der Waals surface area contributed by atoms with Crippen LogP contribution >= 0.6 is 0 Å². The molecule has 0 atom stereocenters. The van der Waals surface area contributed by atoms with E-state index < -0.39 is 85.2 Å². The molecule has 0 heterocycles. The second kappa shape index (κ2) is 10.2. The third kappa shape index (κ3) is 5.62. The molecule has 0 aliphatic carbocycles. The summed E-state index contributed by atoms with van der Waals surface area (Å²) >= 11 is 0. The van der Waals surface area contributed by atoms with E-state index in [0.29, 0.717) is 6.07 Å². The molecular weight excluding hydrogens is 574 g/mol. The number of halogens is 12. The zero-order chi connectivity index (χ0) is 31.0. The lowest BCUT2D eigenvalue weighted by Crippen LogP contribution is -2.35. The van der Waals surface area contributed by atoms with E-state index in [0.717, 1.165) is 24.3 Å². The van der Waals surface area contributed by atoms with Gasteiger partial charge in [0.05, 0.1) is 39.0 Å². The van der Waals surface area contributed by atoms with Crippen LogP contribution in [0.4, 0.5) is 52.7 Å². The van der Waals surface area contributed by atoms with Gasteiger partial charge >= 0.3 is 24.7 Å². The molecule has 0 unspecified atom stereocenters. The fraction of sp³-hybridized carbons (Fsp3) is 0.174. The van der Waals surface area contributed by atoms with Crippen molar-refractivity contribution in [2.45, 2.75) is 24.7 Å². The van der Waals surface area contributed by atoms with Gasteiger partial charge in [-0.1, -0.05) is 0 Å². The molecule has 0 aliphatic rings. The molecule has 0 amide bonds. The molecule has 0 fully saturated rings. The van der Waals surface area contributed by atoms with Gasteiger partial charge in [-0.15, -0.1) is 0 Å². The monoisotopic (exact) mass is 577 g/mol. The quantitative estimate of drug-likeness (QED) is 0.419. The second-order valence-corrected chi connectivity index (χ2v) is 7.34. The number of benzene rings is 2. The number of alkyl halides is 12. The van der Waals surface area contributed by atoms with Crippen LogP contribution in [-0.2, 0) is 24.7 Å². The van der Waals surface area contributed by atoms with Crippen molar-refractivity contribution in [2.24, 2.45) is 0 Å². The predicted octanol–water partition coefficient (Wildman–Crippen LogP) is 5.43. The number of nitriles is 5. The lowest BCUT2D eigenvalue weighted by molar-refractivity contribution is -0.145. The molecule has 2 aromatic carbocycles. The summed E-state index contributed by atoms with van der Waals surface area (Å²) in [5.41, 5.74) is -18.6. The first-order chi connectivity index (χ1) is 18.2. The van der Waals surface area contributed by atoms with E-state index in [4.69, 9.17) is 15.8 Å². The van der Waals surface area contributed by atoms with Crippen molar-refractivity contribution in [3.05, 3.63) is 67.6 Å². The summed E-state index contributed by atoms with van der Waals surface area (Å²) in [6.07, 6.45) is -23.3. The molecule has 2 aromatic rings. The Balaban J connectivity index is 3.56. The minimum Gasteiger partial charge on any atom is -0.192 e. The first-order valence-electron chi connectivity index (χ1n) is 9.62. The Labute approximate surface area is 213 Å². The van der Waals surface area contributed by atoms with Gasteiger partial charge in [0.15, 0.2) is 0 Å². The number of hydrogen-bond donors (Lipinski definition) is 0. The Hall–Kier alpha value is -5.21. The highest BCUT2D eigenvalue weighted by molar-refractivity contribution is 5.81. The Morgan fingerprint density at radius 2 is 0.950 bits per heavy atom. The zero-order valence-corrected chi connectivity index (χ0v) is 18.5. The van der Waals surface area contributed by atoms with E-state index in [1.54, 1.807) is 0 Å². The average Bonchev–Trinajstić information content (AvgIpc) is 2.82. The van der Waals surface area contributed by atoms with E-state index in [9.17, 15) is 63.2 Å². The van der Waals surface area contributed by atoms with Gasteiger partial charge in [0.1, 0.15) is 35.9 Å². The van der Waals surface area contributed by atoms with Crippen molar-refractivity contribution in [3.63, 3.8) is 0 Å². The fourth-order valence-corrected chi connectivity index (χ4v) is 3.53. The maximum atomic E-state index is 14.0. The molecule has 0 aliphatic heterocycles. The van der Waals surface area contributed by atoms with E-state index in [1.807, 2.05) is 0 Å². The molecule has 0 spiro atoms. The maximum Gasteiger partial charge on any atom is 0.418 e. The Kier molecular flexibility index (Phi) is 7.88. The van der Waals surface area contributed by atoms with Gasteiger partial charge in [-0.25, -0.2) is 0 Å². The number of hydrogen-bond acceptors (Lipinski definition) is 5. The molecule has 5 nitrogen and oxygen atoms in total. The highest BCUT2D eigenvalue weighted by Gasteiger charge is 2.44. The van der Waals surface area contributed by atoms with Crippen molar-refractivity contribution in [3.8, 4) is 30.3 Å². The Bertz CT molecular complexity index is 1690. The van der Waals surface area contributed by atoms with Crippen LogP contribution in [-0.4, -0.2) is 0 Å². The predicted molar refractivity (Wildman–Crippen MR) is 104 cm³/mol. The van der Waals surface area contributed by atoms with Crippen LogP contribution < -0.4 is 10.4 Å². The first-order valence-corrected chi connectivity index (χ1v) is 9.62. The van der Waals surface area contributed by atoms with E-state index in [2.05, 4.69) is 0 Å². The molecule has 0 aromatic heterocycles. The summed E-state index contributed by atoms with van der Waals surface area (Å²) in [7, 11) is 0. The van der Waals surface area contributed by atoms with Crippen molar-refractivity contribution in [1.29, 1.82) is 26.3 Å². The molecule has 0 N–H and O–H groups in total. The van der Waals surface area contributed by atoms with Crippen LogP contribution in [0.3, 0.4) is 0 Å². The second-order valence-electron chi connectivity index (χ2n) is 7.34. The lowest BCUT2D eigenvalue weighted by atomic mass is 9.89. The lowest BCUT2D eigenvalue weighted by Gasteiger charge is -2.18. The molecule has 0 saturated heterocycles. The van der Waals surface area contributed by atoms with Crippen LogP contribution in [0.25, 0.3) is 11.1 Å². The molecule has 0 bridgehead atoms. The minimum atomic E-state index is -5.98. The molecule has 17 heteroatoms. The summed E-state index contributed by atoms with van der Waals surface area (Å²) in [5.74, 6) is 0. The average molecular weight is 577 g/mol. The van der Waals surface area contributed by atoms with Gasteiger partial charge in [0, 0.05) is 10.4 Å². The molecule has 2 rings (SSSR count). The molecular formula is C23H3F12N5. The Morgan fingerprint density at radius 1 is 0.525 bits per heavy atom. The largest absolute Gasteiger partial charge is 0.418 e. The van der Waals surface area contributed by atoms with E-state index in [-0.39, 0.29) is 18.2 Å². The summed E-state index contributed by atoms with van der Waals surface area (Å²) in [5, 5.41) is 41.9. The molecule has 0 saturated carbocycles. The van der Waals surface area contributed by atoms with Crippen LogP contribution in [0, 0.1) is 56.7 Å². The number of nitrogens with zero attached hydrogens (tertiary/aromatic N) is 5. The summed E-state index contributed by atoms with van der Waals surface area (Å²) < 4.78 is 165. The van der Waals surface area contributed by atoms with E-state index >= 15 is 0 Å². The molecule has 40 heavy (non-hydrogen) atoms. The van der Waals surface area contributed by atoms with Gasteiger partial charge in [-0.3, -0.25) is 0 Å². The van der Waals surface area contributed by atoms with Crippen LogP contribution in [0.15, 0.2) is 18.2 Å². The summed E-state index contributed by atoms with van der Waals surface area (Å²) in [6, 6.07) is 3.02. The van der Waals surface area contributed by atoms with Crippen molar-refractivity contribution < 1.29 is 52.7 Å². The smallest absolute Gasteiger partial charge is 0.192 e. The molecule has 0 radical (unpaired) electrons. The molecule has 204 valence electrons. The van der Waals surface area contributed by atoms with Crippen molar-refractivity contribution in [2.75, 3.05) is 0 Å². The van der Waals surface area contributed by atoms with Crippen LogP contribution in [0.2, 0.25) is 0 Å². The van der Waals surface area contributed by atoms with Crippen molar-refractivity contribution >= 4 is 11.1 Å². The van der Waals surface area contributed by atoms with Crippen LogP contribution in [0.5, 0.6) is 0 Å². The standard InChI is InChI=1S/C23H3F12N5/c24-20(25,26)15-1-9(2-16(14(15)8-40)21(27,28)29)12(6-38)11-3-17(22(30,31)32)18(10(4-36)5-37)19(13(11)7-39)23(33,34)35/h1-3H/b12-11+.